The van der Waals surface area contributed by atoms with Crippen LogP contribution in [-0.4, -0.2) is 88.5 Å². The summed E-state index contributed by atoms with van der Waals surface area (Å²) in [6.07, 6.45) is 6.14. The summed E-state index contributed by atoms with van der Waals surface area (Å²) < 4.78 is 2.17. The van der Waals surface area contributed by atoms with Gasteiger partial charge in [0.05, 0.1) is 12.6 Å². The number of carbonyl (C=O) groups excluding carboxylic acids is 1. The Kier molecular flexibility index (Phi) is 7.42. The number of hydrogen-bond donors (Lipinski definition) is 1. The number of carbonyl (C=O) groups is 1. The van der Waals surface area contributed by atoms with Crippen molar-refractivity contribution in [2.75, 3.05) is 46.3 Å². The number of imidazole rings is 1. The van der Waals surface area contributed by atoms with Gasteiger partial charge >= 0.3 is 0 Å². The van der Waals surface area contributed by atoms with E-state index in [0.717, 1.165) is 70.4 Å². The molecule has 172 valence electrons. The number of amides is 1. The van der Waals surface area contributed by atoms with E-state index >= 15 is 0 Å². The highest BCUT2D eigenvalue weighted by Gasteiger charge is 2.30. The van der Waals surface area contributed by atoms with Gasteiger partial charge in [0.2, 0.25) is 5.91 Å². The van der Waals surface area contributed by atoms with E-state index in [1.165, 1.54) is 5.56 Å². The molecule has 2 fully saturated rings. The predicted molar refractivity (Wildman–Crippen MR) is 126 cm³/mol. The Labute approximate surface area is 190 Å². The highest BCUT2D eigenvalue weighted by Crippen LogP contribution is 2.14. The van der Waals surface area contributed by atoms with E-state index in [9.17, 15) is 4.79 Å². The van der Waals surface area contributed by atoms with Crippen LogP contribution in [0.15, 0.2) is 47.7 Å². The van der Waals surface area contributed by atoms with E-state index < -0.39 is 0 Å². The number of aromatic nitrogens is 2. The minimum Gasteiger partial charge on any atom is -0.349 e. The van der Waals surface area contributed by atoms with Crippen LogP contribution in [0.4, 0.5) is 0 Å². The molecule has 1 unspecified atom stereocenters. The number of benzene rings is 1. The maximum absolute atomic E-state index is 12.7. The molecule has 1 N–H and O–H groups in total. The number of guanidine groups is 1. The number of aliphatic imine (C=N–C) groups is 1. The van der Waals surface area contributed by atoms with Crippen LogP contribution in [0.25, 0.3) is 0 Å². The average molecular weight is 438 g/mol. The maximum atomic E-state index is 12.7. The molecule has 0 aliphatic carbocycles. The van der Waals surface area contributed by atoms with Crippen LogP contribution in [0.2, 0.25) is 0 Å². The van der Waals surface area contributed by atoms with Crippen LogP contribution < -0.4 is 5.32 Å². The molecule has 2 aliphatic rings. The molecule has 8 nitrogen and oxygen atoms in total. The number of likely N-dealkylation sites (tertiary alicyclic amines) is 1. The van der Waals surface area contributed by atoms with Gasteiger partial charge in [-0.05, 0) is 25.3 Å². The van der Waals surface area contributed by atoms with E-state index in [1.54, 1.807) is 0 Å². The molecular formula is C24H35N7O. The molecule has 32 heavy (non-hydrogen) atoms. The van der Waals surface area contributed by atoms with Crippen molar-refractivity contribution in [3.05, 3.63) is 54.1 Å². The van der Waals surface area contributed by atoms with Gasteiger partial charge in [-0.2, -0.15) is 0 Å². The summed E-state index contributed by atoms with van der Waals surface area (Å²) in [4.78, 5) is 28.4. The fraction of sp³-hybridized carbons (Fsp3) is 0.542. The number of hydrogen-bond acceptors (Lipinski definition) is 4. The first-order valence-corrected chi connectivity index (χ1v) is 11.7. The molecule has 1 amide bonds. The standard InChI is InChI=1S/C24H35N7O/c1-20(23(32)29-11-6-7-12-29)28-14-16-30(17-15-28)24(25-2)27-18-22-26-10-13-31(22)19-21-8-4-3-5-9-21/h3-5,8-10,13,20H,6-7,11-12,14-19H2,1-2H3,(H,25,27). The van der Waals surface area contributed by atoms with Gasteiger partial charge in [-0.25, -0.2) is 4.98 Å². The summed E-state index contributed by atoms with van der Waals surface area (Å²) in [5.74, 6) is 2.15. The SMILES string of the molecule is CN=C(NCc1nccn1Cc1ccccc1)N1CCN(C(C)C(=O)N2CCCC2)CC1. The molecule has 2 saturated heterocycles. The van der Waals surface area contributed by atoms with Crippen molar-refractivity contribution in [1.29, 1.82) is 0 Å². The Morgan fingerprint density at radius 2 is 1.78 bits per heavy atom. The summed E-state index contributed by atoms with van der Waals surface area (Å²) in [5, 5.41) is 3.48. The lowest BCUT2D eigenvalue weighted by Gasteiger charge is -2.39. The lowest BCUT2D eigenvalue weighted by molar-refractivity contribution is -0.135. The molecule has 2 aliphatic heterocycles. The van der Waals surface area contributed by atoms with Crippen LogP contribution in [0.5, 0.6) is 0 Å². The van der Waals surface area contributed by atoms with Crippen molar-refractivity contribution in [2.24, 2.45) is 4.99 Å². The largest absolute Gasteiger partial charge is 0.349 e. The molecule has 1 aromatic carbocycles. The zero-order valence-electron chi connectivity index (χ0n) is 19.3. The molecule has 2 aromatic rings. The molecule has 3 heterocycles. The van der Waals surface area contributed by atoms with Crippen LogP contribution in [0, 0.1) is 0 Å². The van der Waals surface area contributed by atoms with Gasteiger partial charge in [0.1, 0.15) is 5.82 Å². The van der Waals surface area contributed by atoms with Gasteiger partial charge in [0.15, 0.2) is 5.96 Å². The molecule has 1 aromatic heterocycles. The van der Waals surface area contributed by atoms with E-state index in [0.29, 0.717) is 6.54 Å². The predicted octanol–water partition coefficient (Wildman–Crippen LogP) is 1.64. The molecule has 1 atom stereocenters. The van der Waals surface area contributed by atoms with Crippen molar-refractivity contribution >= 4 is 11.9 Å². The highest BCUT2D eigenvalue weighted by molar-refractivity contribution is 5.82. The summed E-state index contributed by atoms with van der Waals surface area (Å²) in [5.41, 5.74) is 1.25. The van der Waals surface area contributed by atoms with Crippen LogP contribution >= 0.6 is 0 Å². The quantitative estimate of drug-likeness (QED) is 0.550. The third-order valence-electron chi connectivity index (χ3n) is 6.55. The molecule has 0 bridgehead atoms. The van der Waals surface area contributed by atoms with Crippen LogP contribution in [-0.2, 0) is 17.9 Å². The topological polar surface area (TPSA) is 69.0 Å². The fourth-order valence-corrected chi connectivity index (χ4v) is 4.60. The maximum Gasteiger partial charge on any atom is 0.239 e. The average Bonchev–Trinajstić information content (AvgIpc) is 3.52. The normalized spacial score (nSPS) is 18.8. The Balaban J connectivity index is 1.28. The minimum atomic E-state index is -0.0457. The van der Waals surface area contributed by atoms with Gasteiger partial charge in [-0.15, -0.1) is 0 Å². The van der Waals surface area contributed by atoms with Gasteiger partial charge in [-0.3, -0.25) is 14.7 Å². The van der Waals surface area contributed by atoms with E-state index in [2.05, 4.69) is 60.8 Å². The zero-order valence-corrected chi connectivity index (χ0v) is 19.3. The van der Waals surface area contributed by atoms with E-state index in [4.69, 9.17) is 0 Å². The minimum absolute atomic E-state index is 0.0457. The first-order chi connectivity index (χ1) is 15.7. The summed E-state index contributed by atoms with van der Waals surface area (Å²) in [7, 11) is 1.82. The molecule has 0 radical (unpaired) electrons. The molecule has 8 heteroatoms. The second-order valence-electron chi connectivity index (χ2n) is 8.59. The second-order valence-corrected chi connectivity index (χ2v) is 8.59. The smallest absolute Gasteiger partial charge is 0.239 e. The first-order valence-electron chi connectivity index (χ1n) is 11.7. The van der Waals surface area contributed by atoms with E-state index in [-0.39, 0.29) is 11.9 Å². The van der Waals surface area contributed by atoms with Crippen molar-refractivity contribution in [3.8, 4) is 0 Å². The van der Waals surface area contributed by atoms with Crippen molar-refractivity contribution < 1.29 is 4.79 Å². The Bertz CT molecular complexity index is 896. The molecule has 0 saturated carbocycles. The third-order valence-corrected chi connectivity index (χ3v) is 6.55. The van der Waals surface area contributed by atoms with Crippen molar-refractivity contribution in [3.63, 3.8) is 0 Å². The number of nitrogens with one attached hydrogen (secondary N) is 1. The lowest BCUT2D eigenvalue weighted by atomic mass is 10.2. The third kappa shape index (κ3) is 5.30. The van der Waals surface area contributed by atoms with Gasteiger partial charge in [0.25, 0.3) is 0 Å². The van der Waals surface area contributed by atoms with Crippen molar-refractivity contribution in [1.82, 2.24) is 29.6 Å². The van der Waals surface area contributed by atoms with Gasteiger partial charge in [-0.1, -0.05) is 30.3 Å². The zero-order chi connectivity index (χ0) is 22.3. The molecular weight excluding hydrogens is 402 g/mol. The monoisotopic (exact) mass is 437 g/mol. The fourth-order valence-electron chi connectivity index (χ4n) is 4.60. The van der Waals surface area contributed by atoms with Gasteiger partial charge in [0, 0.05) is 65.3 Å². The Hall–Kier alpha value is -2.87. The first kappa shape index (κ1) is 22.3. The van der Waals surface area contributed by atoms with Crippen LogP contribution in [0.3, 0.4) is 0 Å². The lowest BCUT2D eigenvalue weighted by Crippen LogP contribution is -2.57. The molecule has 4 rings (SSSR count). The van der Waals surface area contributed by atoms with E-state index in [1.807, 2.05) is 30.4 Å². The number of piperazine rings is 1. The number of nitrogens with zero attached hydrogens (tertiary/aromatic N) is 6. The Morgan fingerprint density at radius 1 is 1.06 bits per heavy atom. The second kappa shape index (κ2) is 10.6. The summed E-state index contributed by atoms with van der Waals surface area (Å²) in [6.45, 7) is 8.75. The number of rotatable bonds is 6. The molecule has 0 spiro atoms. The Morgan fingerprint density at radius 3 is 2.47 bits per heavy atom. The van der Waals surface area contributed by atoms with Crippen molar-refractivity contribution in [2.45, 2.75) is 38.9 Å². The highest BCUT2D eigenvalue weighted by atomic mass is 16.2. The van der Waals surface area contributed by atoms with Crippen LogP contribution in [0.1, 0.15) is 31.2 Å². The summed E-state index contributed by atoms with van der Waals surface area (Å²) in [6, 6.07) is 10.4. The summed E-state index contributed by atoms with van der Waals surface area (Å²) >= 11 is 0. The van der Waals surface area contributed by atoms with Gasteiger partial charge < -0.3 is 19.7 Å².